The van der Waals surface area contributed by atoms with E-state index in [9.17, 15) is 4.21 Å². The minimum atomic E-state index is -0.831. The number of rotatable bonds is 2. The third-order valence-electron chi connectivity index (χ3n) is 3.56. The van der Waals surface area contributed by atoms with Crippen molar-refractivity contribution in [1.82, 2.24) is 5.32 Å². The molecule has 1 aliphatic heterocycles. The average Bonchev–Trinajstić information content (AvgIpc) is 2.27. The molecule has 0 fully saturated rings. The lowest BCUT2D eigenvalue weighted by Gasteiger charge is -2.33. The summed E-state index contributed by atoms with van der Waals surface area (Å²) in [6.45, 7) is 9.46. The molecule has 1 aromatic rings. The van der Waals surface area contributed by atoms with E-state index in [1.165, 1.54) is 16.7 Å². The first-order valence-electron chi connectivity index (χ1n) is 6.28. The minimum Gasteiger partial charge on any atom is -0.310 e. The maximum Gasteiger partial charge on any atom is 0.0539 e. The van der Waals surface area contributed by atoms with Crippen molar-refractivity contribution in [1.29, 1.82) is 0 Å². The van der Waals surface area contributed by atoms with Crippen LogP contribution in [0.4, 0.5) is 0 Å². The number of hydrogen-bond acceptors (Lipinski definition) is 2. The number of fused-ring (bicyclic) bond motifs is 1. The van der Waals surface area contributed by atoms with Crippen LogP contribution >= 0.6 is 0 Å². The van der Waals surface area contributed by atoms with Crippen LogP contribution in [0.15, 0.2) is 17.0 Å². The lowest BCUT2D eigenvalue weighted by Crippen LogP contribution is -2.35. The van der Waals surface area contributed by atoms with Gasteiger partial charge in [0, 0.05) is 16.7 Å². The van der Waals surface area contributed by atoms with Gasteiger partial charge in [0.25, 0.3) is 0 Å². The largest absolute Gasteiger partial charge is 0.310 e. The van der Waals surface area contributed by atoms with Crippen LogP contribution in [-0.2, 0) is 10.8 Å². The second kappa shape index (κ2) is 4.91. The van der Waals surface area contributed by atoms with Gasteiger partial charge >= 0.3 is 0 Å². The van der Waals surface area contributed by atoms with E-state index in [2.05, 4.69) is 45.1 Å². The Morgan fingerprint density at radius 2 is 2.00 bits per heavy atom. The zero-order valence-electron chi connectivity index (χ0n) is 11.0. The van der Waals surface area contributed by atoms with Gasteiger partial charge in [-0.05, 0) is 43.0 Å². The zero-order valence-corrected chi connectivity index (χ0v) is 11.9. The molecule has 0 radical (unpaired) electrons. The minimum absolute atomic E-state index is 0.354. The third-order valence-corrected chi connectivity index (χ3v) is 5.38. The van der Waals surface area contributed by atoms with Gasteiger partial charge in [-0.2, -0.15) is 0 Å². The molecule has 0 bridgehead atoms. The molecule has 2 nitrogen and oxygen atoms in total. The molecular formula is C14H21NOS. The number of benzene rings is 1. The monoisotopic (exact) mass is 251 g/mol. The van der Waals surface area contributed by atoms with Crippen LogP contribution in [0.3, 0.4) is 0 Å². The molecule has 1 aliphatic rings. The van der Waals surface area contributed by atoms with Crippen LogP contribution in [0.2, 0.25) is 0 Å². The van der Waals surface area contributed by atoms with Gasteiger partial charge in [-0.1, -0.05) is 26.0 Å². The predicted molar refractivity (Wildman–Crippen MR) is 72.8 cm³/mol. The highest BCUT2D eigenvalue weighted by atomic mass is 32.2. The van der Waals surface area contributed by atoms with Gasteiger partial charge in [0.15, 0.2) is 0 Å². The first-order chi connectivity index (χ1) is 8.06. The third kappa shape index (κ3) is 2.18. The SMILES string of the molecule is CCNC1c2c(C)ccc(C)c2S(=O)CC1C. The molecule has 0 amide bonds. The molecule has 94 valence electrons. The smallest absolute Gasteiger partial charge is 0.0539 e. The summed E-state index contributed by atoms with van der Waals surface area (Å²) in [5.74, 6) is 1.21. The van der Waals surface area contributed by atoms with Gasteiger partial charge in [0.1, 0.15) is 0 Å². The van der Waals surface area contributed by atoms with E-state index >= 15 is 0 Å². The van der Waals surface area contributed by atoms with Gasteiger partial charge < -0.3 is 5.32 Å². The fourth-order valence-corrected chi connectivity index (χ4v) is 4.52. The number of hydrogen-bond donors (Lipinski definition) is 1. The van der Waals surface area contributed by atoms with Crippen LogP contribution < -0.4 is 5.32 Å². The molecule has 3 unspecified atom stereocenters. The summed E-state index contributed by atoms with van der Waals surface area (Å²) < 4.78 is 12.3. The van der Waals surface area contributed by atoms with Crippen LogP contribution in [0.1, 0.15) is 36.6 Å². The summed E-state index contributed by atoms with van der Waals surface area (Å²) in [5, 5.41) is 3.54. The van der Waals surface area contributed by atoms with Gasteiger partial charge in [-0.3, -0.25) is 4.21 Å². The van der Waals surface area contributed by atoms with Crippen LogP contribution in [-0.4, -0.2) is 16.5 Å². The molecule has 0 spiro atoms. The molecule has 0 saturated heterocycles. The summed E-state index contributed by atoms with van der Waals surface area (Å²) in [6.07, 6.45) is 0. The quantitative estimate of drug-likeness (QED) is 0.875. The Hall–Kier alpha value is -0.670. The van der Waals surface area contributed by atoms with Gasteiger partial charge in [-0.15, -0.1) is 0 Å². The molecule has 1 heterocycles. The van der Waals surface area contributed by atoms with E-state index in [1.807, 2.05) is 0 Å². The van der Waals surface area contributed by atoms with Crippen LogP contribution in [0.25, 0.3) is 0 Å². The average molecular weight is 251 g/mol. The summed E-state index contributed by atoms with van der Waals surface area (Å²) in [6, 6.07) is 4.59. The van der Waals surface area contributed by atoms with E-state index in [4.69, 9.17) is 0 Å². The standard InChI is InChI=1S/C14H21NOS/c1-5-15-13-11(4)8-17(16)14-10(3)7-6-9(2)12(13)14/h6-7,11,13,15H,5,8H2,1-4H3. The molecule has 0 aromatic heterocycles. The van der Waals surface area contributed by atoms with Crippen LogP contribution in [0, 0.1) is 19.8 Å². The summed E-state index contributed by atoms with van der Waals surface area (Å²) in [4.78, 5) is 1.08. The Morgan fingerprint density at radius 1 is 1.35 bits per heavy atom. The van der Waals surface area contributed by atoms with E-state index in [1.54, 1.807) is 0 Å². The van der Waals surface area contributed by atoms with Crippen molar-refractivity contribution >= 4 is 10.8 Å². The van der Waals surface area contributed by atoms with Gasteiger partial charge in [0.2, 0.25) is 0 Å². The molecular weight excluding hydrogens is 230 g/mol. The summed E-state index contributed by atoms with van der Waals surface area (Å²) >= 11 is 0. The van der Waals surface area contributed by atoms with Crippen molar-refractivity contribution in [2.75, 3.05) is 12.3 Å². The fraction of sp³-hybridized carbons (Fsp3) is 0.571. The highest BCUT2D eigenvalue weighted by Gasteiger charge is 2.32. The molecule has 1 aromatic carbocycles. The maximum absolute atomic E-state index is 12.3. The Morgan fingerprint density at radius 3 is 2.65 bits per heavy atom. The second-order valence-electron chi connectivity index (χ2n) is 4.97. The molecule has 17 heavy (non-hydrogen) atoms. The number of nitrogens with one attached hydrogen (secondary N) is 1. The first-order valence-corrected chi connectivity index (χ1v) is 7.60. The highest BCUT2D eigenvalue weighted by Crippen LogP contribution is 2.37. The topological polar surface area (TPSA) is 29.1 Å². The molecule has 3 heteroatoms. The molecule has 0 aliphatic carbocycles. The normalized spacial score (nSPS) is 27.9. The van der Waals surface area contributed by atoms with E-state index in [0.29, 0.717) is 12.0 Å². The first kappa shape index (κ1) is 12.8. The van der Waals surface area contributed by atoms with Gasteiger partial charge in [0.05, 0.1) is 10.8 Å². The zero-order chi connectivity index (χ0) is 12.6. The van der Waals surface area contributed by atoms with Crippen molar-refractivity contribution in [2.24, 2.45) is 5.92 Å². The summed E-state index contributed by atoms with van der Waals surface area (Å²) in [5.41, 5.74) is 3.71. The Labute approximate surface area is 106 Å². The lowest BCUT2D eigenvalue weighted by molar-refractivity contribution is 0.408. The Balaban J connectivity index is 2.60. The van der Waals surface area contributed by atoms with Crippen molar-refractivity contribution in [3.8, 4) is 0 Å². The maximum atomic E-state index is 12.3. The molecule has 1 N–H and O–H groups in total. The van der Waals surface area contributed by atoms with Crippen molar-refractivity contribution < 1.29 is 4.21 Å². The van der Waals surface area contributed by atoms with E-state index in [0.717, 1.165) is 17.2 Å². The molecule has 3 atom stereocenters. The van der Waals surface area contributed by atoms with Crippen molar-refractivity contribution in [3.05, 3.63) is 28.8 Å². The second-order valence-corrected chi connectivity index (χ2v) is 6.40. The molecule has 2 rings (SSSR count). The molecule has 0 saturated carbocycles. The van der Waals surface area contributed by atoms with Gasteiger partial charge in [-0.25, -0.2) is 0 Å². The van der Waals surface area contributed by atoms with Crippen molar-refractivity contribution in [2.45, 2.75) is 38.6 Å². The lowest BCUT2D eigenvalue weighted by atomic mass is 9.90. The Kier molecular flexibility index (Phi) is 3.69. The van der Waals surface area contributed by atoms with Crippen molar-refractivity contribution in [3.63, 3.8) is 0 Å². The fourth-order valence-electron chi connectivity index (χ4n) is 2.72. The predicted octanol–water partition coefficient (Wildman–Crippen LogP) is 2.71. The number of aryl methyl sites for hydroxylation is 2. The van der Waals surface area contributed by atoms with E-state index in [-0.39, 0.29) is 0 Å². The van der Waals surface area contributed by atoms with Crippen LogP contribution in [0.5, 0.6) is 0 Å². The highest BCUT2D eigenvalue weighted by molar-refractivity contribution is 7.85. The van der Waals surface area contributed by atoms with E-state index < -0.39 is 10.8 Å². The Bertz CT molecular complexity index is 456. The summed E-state index contributed by atoms with van der Waals surface area (Å²) in [7, 11) is -0.831.